The summed E-state index contributed by atoms with van der Waals surface area (Å²) in [6, 6.07) is -1.06. The minimum atomic E-state index is -1.19. The lowest BCUT2D eigenvalue weighted by Crippen LogP contribution is -2.33. The van der Waals surface area contributed by atoms with Gasteiger partial charge in [0.15, 0.2) is 17.0 Å². The molecule has 0 aliphatic rings. The van der Waals surface area contributed by atoms with E-state index in [-0.39, 0.29) is 17.8 Å². The van der Waals surface area contributed by atoms with Crippen molar-refractivity contribution in [1.82, 2.24) is 19.5 Å². The van der Waals surface area contributed by atoms with Crippen LogP contribution in [0.3, 0.4) is 0 Å². The molecule has 0 aromatic carbocycles. The maximum Gasteiger partial charge on any atom is 0.328 e. The number of anilines is 2. The van der Waals surface area contributed by atoms with Crippen LogP contribution in [0.25, 0.3) is 11.2 Å². The topological polar surface area (TPSA) is 139 Å². The lowest BCUT2D eigenvalue weighted by atomic mass is 10.3. The number of carbonyl (C=O) groups is 1. The zero-order valence-electron chi connectivity index (χ0n) is 11.1. The van der Waals surface area contributed by atoms with Gasteiger partial charge in [0.05, 0.1) is 12.9 Å². The van der Waals surface area contributed by atoms with Crippen LogP contribution in [0.2, 0.25) is 0 Å². The summed E-state index contributed by atoms with van der Waals surface area (Å²) in [4.78, 5) is 23.2. The quantitative estimate of drug-likeness (QED) is 0.592. The van der Waals surface area contributed by atoms with E-state index in [9.17, 15) is 4.79 Å². The minimum Gasteiger partial charge on any atom is -0.480 e. The number of nitrogen functional groups attached to an aromatic ring is 1. The van der Waals surface area contributed by atoms with E-state index >= 15 is 0 Å². The average molecular weight is 280 g/mol. The summed E-state index contributed by atoms with van der Waals surface area (Å²) in [7, 11) is 0. The van der Waals surface area contributed by atoms with Crippen LogP contribution in [0, 0.1) is 0 Å². The van der Waals surface area contributed by atoms with E-state index in [1.165, 1.54) is 0 Å². The number of fused-ring (bicyclic) bond motifs is 1. The van der Waals surface area contributed by atoms with Gasteiger partial charge in [-0.3, -0.25) is 0 Å². The predicted molar refractivity (Wildman–Crippen MR) is 72.3 cm³/mol. The maximum absolute atomic E-state index is 10.9. The Morgan fingerprint density at radius 1 is 1.50 bits per heavy atom. The van der Waals surface area contributed by atoms with Crippen LogP contribution in [0.4, 0.5) is 11.8 Å². The third-order valence-corrected chi connectivity index (χ3v) is 2.79. The van der Waals surface area contributed by atoms with Crippen molar-refractivity contribution >= 4 is 28.9 Å². The molecule has 0 aliphatic heterocycles. The van der Waals surface area contributed by atoms with Crippen LogP contribution in [-0.4, -0.2) is 48.4 Å². The molecular formula is C11H16N6O3. The lowest BCUT2D eigenvalue weighted by Gasteiger charge is -2.13. The predicted octanol–water partition coefficient (Wildman–Crippen LogP) is -0.153. The largest absolute Gasteiger partial charge is 0.480 e. The summed E-state index contributed by atoms with van der Waals surface area (Å²) in [5, 5.41) is 20.6. The molecule has 2 aromatic rings. The molecule has 0 fully saturated rings. The van der Waals surface area contributed by atoms with Gasteiger partial charge < -0.3 is 25.8 Å². The molecule has 2 heterocycles. The molecule has 9 heteroatoms. The van der Waals surface area contributed by atoms with E-state index in [0.29, 0.717) is 11.2 Å². The van der Waals surface area contributed by atoms with E-state index < -0.39 is 18.6 Å². The van der Waals surface area contributed by atoms with Gasteiger partial charge in [-0.05, 0) is 13.8 Å². The zero-order chi connectivity index (χ0) is 14.9. The Morgan fingerprint density at radius 2 is 2.20 bits per heavy atom. The van der Waals surface area contributed by atoms with Gasteiger partial charge in [-0.1, -0.05) is 0 Å². The van der Waals surface area contributed by atoms with Gasteiger partial charge in [0, 0.05) is 6.04 Å². The SMILES string of the molecule is CC(C)n1cnc2c(NC(CO)C(=O)O)nc(N)nc21. The summed E-state index contributed by atoms with van der Waals surface area (Å²) in [6.07, 6.45) is 1.59. The van der Waals surface area contributed by atoms with E-state index in [2.05, 4.69) is 20.3 Å². The number of aromatic nitrogens is 4. The number of aliphatic hydroxyl groups is 1. The summed E-state index contributed by atoms with van der Waals surface area (Å²) < 4.78 is 1.80. The number of nitrogens with two attached hydrogens (primary N) is 1. The number of carboxylic acid groups (broad SMARTS) is 1. The van der Waals surface area contributed by atoms with Crippen molar-refractivity contribution in [1.29, 1.82) is 0 Å². The molecule has 1 atom stereocenters. The molecule has 20 heavy (non-hydrogen) atoms. The summed E-state index contributed by atoms with van der Waals surface area (Å²) in [6.45, 7) is 3.34. The Kier molecular flexibility index (Phi) is 3.70. The van der Waals surface area contributed by atoms with Crippen molar-refractivity contribution in [3.63, 3.8) is 0 Å². The fourth-order valence-electron chi connectivity index (χ4n) is 1.76. The average Bonchev–Trinajstić information content (AvgIpc) is 2.78. The number of rotatable bonds is 5. The normalized spacial score (nSPS) is 12.8. The van der Waals surface area contributed by atoms with E-state index in [0.717, 1.165) is 0 Å². The Hall–Kier alpha value is -2.42. The second kappa shape index (κ2) is 5.29. The molecular weight excluding hydrogens is 264 g/mol. The van der Waals surface area contributed by atoms with Crippen LogP contribution >= 0.6 is 0 Å². The Morgan fingerprint density at radius 3 is 2.75 bits per heavy atom. The first kappa shape index (κ1) is 14.0. The number of hydrogen-bond acceptors (Lipinski definition) is 7. The van der Waals surface area contributed by atoms with E-state index in [4.69, 9.17) is 15.9 Å². The zero-order valence-corrected chi connectivity index (χ0v) is 11.1. The molecule has 0 radical (unpaired) electrons. The van der Waals surface area contributed by atoms with Gasteiger partial charge in [-0.25, -0.2) is 9.78 Å². The first-order valence-electron chi connectivity index (χ1n) is 6.04. The van der Waals surface area contributed by atoms with Crippen LogP contribution in [-0.2, 0) is 4.79 Å². The van der Waals surface area contributed by atoms with Crippen molar-refractivity contribution in [3.8, 4) is 0 Å². The fraction of sp³-hybridized carbons (Fsp3) is 0.455. The Balaban J connectivity index is 2.50. The van der Waals surface area contributed by atoms with Crippen molar-refractivity contribution in [3.05, 3.63) is 6.33 Å². The number of aliphatic hydroxyl groups excluding tert-OH is 1. The number of hydrogen-bond donors (Lipinski definition) is 4. The van der Waals surface area contributed by atoms with Crippen molar-refractivity contribution < 1.29 is 15.0 Å². The maximum atomic E-state index is 10.9. The minimum absolute atomic E-state index is 0.00415. The molecule has 108 valence electrons. The summed E-state index contributed by atoms with van der Waals surface area (Å²) >= 11 is 0. The first-order chi connectivity index (χ1) is 9.43. The van der Waals surface area contributed by atoms with Gasteiger partial charge in [0.25, 0.3) is 0 Å². The lowest BCUT2D eigenvalue weighted by molar-refractivity contribution is -0.138. The van der Waals surface area contributed by atoms with Gasteiger partial charge >= 0.3 is 5.97 Å². The number of carboxylic acids is 1. The van der Waals surface area contributed by atoms with Crippen molar-refractivity contribution in [2.45, 2.75) is 25.9 Å². The standard InChI is InChI=1S/C11H16N6O3/c1-5(2)17-4-13-7-8(14-6(3-18)10(19)20)15-11(12)16-9(7)17/h4-6,18H,3H2,1-2H3,(H,19,20)(H3,12,14,15,16). The molecule has 0 amide bonds. The third-order valence-electron chi connectivity index (χ3n) is 2.79. The van der Waals surface area contributed by atoms with Crippen LogP contribution < -0.4 is 11.1 Å². The molecule has 0 aliphatic carbocycles. The molecule has 0 saturated carbocycles. The van der Waals surface area contributed by atoms with Gasteiger partial charge in [0.1, 0.15) is 6.04 Å². The first-order valence-corrected chi connectivity index (χ1v) is 6.04. The molecule has 1 unspecified atom stereocenters. The number of imidazole rings is 1. The molecule has 2 rings (SSSR count). The Bertz CT molecular complexity index is 638. The van der Waals surface area contributed by atoms with E-state index in [1.54, 1.807) is 10.9 Å². The molecule has 0 spiro atoms. The molecule has 9 nitrogen and oxygen atoms in total. The van der Waals surface area contributed by atoms with E-state index in [1.807, 2.05) is 13.8 Å². The second-order valence-corrected chi connectivity index (χ2v) is 4.57. The highest BCUT2D eigenvalue weighted by atomic mass is 16.4. The third kappa shape index (κ3) is 2.48. The van der Waals surface area contributed by atoms with Crippen LogP contribution in [0.1, 0.15) is 19.9 Å². The number of aliphatic carboxylic acids is 1. The molecule has 5 N–H and O–H groups in total. The monoisotopic (exact) mass is 280 g/mol. The summed E-state index contributed by atoms with van der Waals surface area (Å²) in [5.74, 6) is -1.00. The highest BCUT2D eigenvalue weighted by molar-refractivity contribution is 5.87. The second-order valence-electron chi connectivity index (χ2n) is 4.57. The van der Waals surface area contributed by atoms with Crippen LogP contribution in [0.5, 0.6) is 0 Å². The molecule has 0 saturated heterocycles. The van der Waals surface area contributed by atoms with Crippen molar-refractivity contribution in [2.75, 3.05) is 17.7 Å². The highest BCUT2D eigenvalue weighted by Gasteiger charge is 2.20. The van der Waals surface area contributed by atoms with Gasteiger partial charge in [-0.15, -0.1) is 0 Å². The van der Waals surface area contributed by atoms with Gasteiger partial charge in [-0.2, -0.15) is 9.97 Å². The number of nitrogens with one attached hydrogen (secondary N) is 1. The number of nitrogens with zero attached hydrogens (tertiary/aromatic N) is 4. The fourth-order valence-corrected chi connectivity index (χ4v) is 1.76. The van der Waals surface area contributed by atoms with Crippen LogP contribution in [0.15, 0.2) is 6.33 Å². The highest BCUT2D eigenvalue weighted by Crippen LogP contribution is 2.22. The van der Waals surface area contributed by atoms with Gasteiger partial charge in [0.2, 0.25) is 5.95 Å². The van der Waals surface area contributed by atoms with Crippen molar-refractivity contribution in [2.24, 2.45) is 0 Å². The summed E-state index contributed by atoms with van der Waals surface area (Å²) in [5.41, 5.74) is 6.55. The molecule has 0 bridgehead atoms. The smallest absolute Gasteiger partial charge is 0.328 e. The Labute approximate surface area is 114 Å². The molecule has 2 aromatic heterocycles.